The van der Waals surface area contributed by atoms with Crippen LogP contribution in [0.25, 0.3) is 0 Å². The summed E-state index contributed by atoms with van der Waals surface area (Å²) in [5, 5.41) is 7.48. The monoisotopic (exact) mass is 342 g/mol. The fraction of sp³-hybridized carbons (Fsp3) is 0.0714. The Kier molecular flexibility index (Phi) is 4.80. The van der Waals surface area contributed by atoms with E-state index < -0.39 is 21.7 Å². The van der Waals surface area contributed by atoms with E-state index in [0.29, 0.717) is 5.56 Å². The normalized spacial score (nSPS) is 11.2. The summed E-state index contributed by atoms with van der Waals surface area (Å²) < 4.78 is 35.3. The van der Waals surface area contributed by atoms with Crippen LogP contribution in [0.4, 0.5) is 4.39 Å². The summed E-state index contributed by atoms with van der Waals surface area (Å²) in [7, 11) is -3.74. The van der Waals surface area contributed by atoms with Crippen molar-refractivity contribution in [2.75, 3.05) is 0 Å². The van der Waals surface area contributed by atoms with Gasteiger partial charge in [-0.1, -0.05) is 23.7 Å². The number of sulfonamides is 1. The zero-order valence-corrected chi connectivity index (χ0v) is 12.8. The fourth-order valence-corrected chi connectivity index (χ4v) is 2.41. The minimum atomic E-state index is -3.74. The van der Waals surface area contributed by atoms with Crippen LogP contribution >= 0.6 is 11.6 Å². The van der Waals surface area contributed by atoms with Crippen LogP contribution in [0.3, 0.4) is 0 Å². The number of amides is 1. The highest BCUT2D eigenvalue weighted by Gasteiger charge is 2.10. The van der Waals surface area contributed by atoms with E-state index in [0.717, 1.165) is 6.07 Å². The first-order valence-corrected chi connectivity index (χ1v) is 8.05. The Labute approximate surface area is 131 Å². The molecular formula is C14H12ClFN2O3S. The van der Waals surface area contributed by atoms with Gasteiger partial charge in [-0.2, -0.15) is 0 Å². The molecule has 0 unspecified atom stereocenters. The SMILES string of the molecule is NS(=O)(=O)c1ccc(CNC(=O)c2ccc(F)c(Cl)c2)cc1. The van der Waals surface area contributed by atoms with Crippen molar-refractivity contribution in [2.24, 2.45) is 5.14 Å². The summed E-state index contributed by atoms with van der Waals surface area (Å²) in [5.41, 5.74) is 0.918. The Hall–Kier alpha value is -1.96. The minimum absolute atomic E-state index is 0.00658. The third-order valence-electron chi connectivity index (χ3n) is 2.89. The van der Waals surface area contributed by atoms with Crippen LogP contribution in [0, 0.1) is 5.82 Å². The molecule has 0 saturated carbocycles. The molecule has 0 saturated heterocycles. The Morgan fingerprint density at radius 2 is 1.82 bits per heavy atom. The van der Waals surface area contributed by atoms with Crippen LogP contribution in [0.1, 0.15) is 15.9 Å². The number of benzene rings is 2. The maximum absolute atomic E-state index is 13.0. The predicted octanol–water partition coefficient (Wildman–Crippen LogP) is 2.06. The van der Waals surface area contributed by atoms with E-state index in [4.69, 9.17) is 16.7 Å². The summed E-state index contributed by atoms with van der Waals surface area (Å²) in [4.78, 5) is 11.9. The highest BCUT2D eigenvalue weighted by molar-refractivity contribution is 7.89. The van der Waals surface area contributed by atoms with Gasteiger partial charge in [0.25, 0.3) is 5.91 Å². The van der Waals surface area contributed by atoms with E-state index in [2.05, 4.69) is 5.32 Å². The lowest BCUT2D eigenvalue weighted by atomic mass is 10.2. The molecule has 2 aromatic carbocycles. The van der Waals surface area contributed by atoms with Crippen LogP contribution in [0.5, 0.6) is 0 Å². The first-order chi connectivity index (χ1) is 10.3. The topological polar surface area (TPSA) is 89.3 Å². The molecule has 0 radical (unpaired) electrons. The number of primary sulfonamides is 1. The van der Waals surface area contributed by atoms with E-state index in [9.17, 15) is 17.6 Å². The van der Waals surface area contributed by atoms with Gasteiger partial charge < -0.3 is 5.32 Å². The summed E-state index contributed by atoms with van der Waals surface area (Å²) >= 11 is 5.61. The molecule has 0 bridgehead atoms. The first-order valence-electron chi connectivity index (χ1n) is 6.12. The fourth-order valence-electron chi connectivity index (χ4n) is 1.72. The van der Waals surface area contributed by atoms with E-state index >= 15 is 0 Å². The maximum Gasteiger partial charge on any atom is 0.251 e. The second-order valence-corrected chi connectivity index (χ2v) is 6.47. The lowest BCUT2D eigenvalue weighted by Crippen LogP contribution is -2.22. The second-order valence-electron chi connectivity index (χ2n) is 4.50. The van der Waals surface area contributed by atoms with Crippen LogP contribution in [-0.4, -0.2) is 14.3 Å². The van der Waals surface area contributed by atoms with Crippen molar-refractivity contribution >= 4 is 27.5 Å². The third kappa shape index (κ3) is 4.03. The lowest BCUT2D eigenvalue weighted by Gasteiger charge is -2.07. The Morgan fingerprint density at radius 1 is 1.18 bits per heavy atom. The van der Waals surface area contributed by atoms with Gasteiger partial charge in [0.2, 0.25) is 10.0 Å². The van der Waals surface area contributed by atoms with E-state index in [1.54, 1.807) is 0 Å². The van der Waals surface area contributed by atoms with Gasteiger partial charge in [-0.15, -0.1) is 0 Å². The van der Waals surface area contributed by atoms with Gasteiger partial charge in [0.1, 0.15) is 5.82 Å². The van der Waals surface area contributed by atoms with Crippen LogP contribution in [0.2, 0.25) is 5.02 Å². The number of halogens is 2. The van der Waals surface area contributed by atoms with Gasteiger partial charge in [-0.05, 0) is 35.9 Å². The molecular weight excluding hydrogens is 331 g/mol. The van der Waals surface area contributed by atoms with Crippen LogP contribution in [0.15, 0.2) is 47.4 Å². The van der Waals surface area contributed by atoms with Crippen molar-refractivity contribution in [3.63, 3.8) is 0 Å². The standard InChI is InChI=1S/C14H12ClFN2O3S/c15-12-7-10(3-6-13(12)16)14(19)18-8-9-1-4-11(5-2-9)22(17,20)21/h1-7H,8H2,(H,18,19)(H2,17,20,21). The summed E-state index contributed by atoms with van der Waals surface area (Å²) in [6, 6.07) is 9.45. The molecule has 0 atom stereocenters. The largest absolute Gasteiger partial charge is 0.348 e. The summed E-state index contributed by atoms with van der Waals surface area (Å²) in [6.07, 6.45) is 0. The number of carbonyl (C=O) groups is 1. The smallest absolute Gasteiger partial charge is 0.251 e. The van der Waals surface area contributed by atoms with Crippen molar-refractivity contribution in [3.8, 4) is 0 Å². The number of rotatable bonds is 4. The zero-order chi connectivity index (χ0) is 16.3. The maximum atomic E-state index is 13.0. The Balaban J connectivity index is 2.03. The molecule has 0 fully saturated rings. The Bertz CT molecular complexity index is 807. The summed E-state index contributed by atoms with van der Waals surface area (Å²) in [6.45, 7) is 0.179. The molecule has 8 heteroatoms. The number of nitrogens with one attached hydrogen (secondary N) is 1. The molecule has 116 valence electrons. The van der Waals surface area contributed by atoms with Gasteiger partial charge >= 0.3 is 0 Å². The average Bonchev–Trinajstić information content (AvgIpc) is 2.47. The highest BCUT2D eigenvalue weighted by Crippen LogP contribution is 2.16. The molecule has 2 rings (SSSR count). The highest BCUT2D eigenvalue weighted by atomic mass is 35.5. The van der Waals surface area contributed by atoms with Crippen LogP contribution < -0.4 is 10.5 Å². The Morgan fingerprint density at radius 3 is 2.36 bits per heavy atom. The lowest BCUT2D eigenvalue weighted by molar-refractivity contribution is 0.0951. The van der Waals surface area contributed by atoms with Crippen LogP contribution in [-0.2, 0) is 16.6 Å². The van der Waals surface area contributed by atoms with E-state index in [1.165, 1.54) is 36.4 Å². The molecule has 0 aliphatic rings. The number of hydrogen-bond donors (Lipinski definition) is 2. The molecule has 3 N–H and O–H groups in total. The van der Waals surface area contributed by atoms with Crippen molar-refractivity contribution in [1.29, 1.82) is 0 Å². The molecule has 0 spiro atoms. The minimum Gasteiger partial charge on any atom is -0.348 e. The molecule has 0 aliphatic carbocycles. The molecule has 2 aromatic rings. The number of hydrogen-bond acceptors (Lipinski definition) is 3. The van der Waals surface area contributed by atoms with Crippen molar-refractivity contribution in [3.05, 3.63) is 64.4 Å². The zero-order valence-electron chi connectivity index (χ0n) is 11.2. The van der Waals surface area contributed by atoms with Gasteiger partial charge in [-0.3, -0.25) is 4.79 Å². The van der Waals surface area contributed by atoms with Gasteiger partial charge in [0, 0.05) is 12.1 Å². The molecule has 0 aromatic heterocycles. The van der Waals surface area contributed by atoms with E-state index in [-0.39, 0.29) is 22.0 Å². The second kappa shape index (κ2) is 6.43. The molecule has 22 heavy (non-hydrogen) atoms. The predicted molar refractivity (Wildman–Crippen MR) is 80.4 cm³/mol. The van der Waals surface area contributed by atoms with Gasteiger partial charge in [-0.25, -0.2) is 17.9 Å². The molecule has 5 nitrogen and oxygen atoms in total. The van der Waals surface area contributed by atoms with Crippen molar-refractivity contribution in [1.82, 2.24) is 5.32 Å². The molecule has 1 amide bonds. The molecule has 0 heterocycles. The first kappa shape index (κ1) is 16.4. The summed E-state index contributed by atoms with van der Waals surface area (Å²) in [5.74, 6) is -1.02. The van der Waals surface area contributed by atoms with Gasteiger partial charge in [0.05, 0.1) is 9.92 Å². The number of nitrogens with two attached hydrogens (primary N) is 1. The van der Waals surface area contributed by atoms with E-state index in [1.807, 2.05) is 0 Å². The van der Waals surface area contributed by atoms with Gasteiger partial charge in [0.15, 0.2) is 0 Å². The third-order valence-corrected chi connectivity index (χ3v) is 4.11. The quantitative estimate of drug-likeness (QED) is 0.891. The molecule has 0 aliphatic heterocycles. The average molecular weight is 343 g/mol. The van der Waals surface area contributed by atoms with Crippen molar-refractivity contribution in [2.45, 2.75) is 11.4 Å². The van der Waals surface area contributed by atoms with Crippen molar-refractivity contribution < 1.29 is 17.6 Å². The number of carbonyl (C=O) groups excluding carboxylic acids is 1.